The molecule has 3 aromatic rings. The van der Waals surface area contributed by atoms with Crippen molar-refractivity contribution < 1.29 is 0 Å². The van der Waals surface area contributed by atoms with E-state index in [2.05, 4.69) is 107 Å². The number of aryl methyl sites for hydroxylation is 2. The first kappa shape index (κ1) is 17.8. The normalized spacial score (nSPS) is 10.7. The molecule has 25 heavy (non-hydrogen) atoms. The molecule has 0 atom stereocenters. The van der Waals surface area contributed by atoms with Crippen molar-refractivity contribution in [3.05, 3.63) is 88.4 Å². The van der Waals surface area contributed by atoms with Gasteiger partial charge < -0.3 is 4.90 Å². The van der Waals surface area contributed by atoms with Crippen LogP contribution in [0.15, 0.2) is 77.3 Å². The maximum absolute atomic E-state index is 3.53. The van der Waals surface area contributed by atoms with Crippen LogP contribution in [0.3, 0.4) is 0 Å². The van der Waals surface area contributed by atoms with Gasteiger partial charge in [-0.1, -0.05) is 59.1 Å². The van der Waals surface area contributed by atoms with Crippen molar-refractivity contribution in [1.29, 1.82) is 0 Å². The van der Waals surface area contributed by atoms with Gasteiger partial charge in [-0.05, 0) is 73.9 Å². The third-order valence-electron chi connectivity index (χ3n) is 4.39. The maximum Gasteiger partial charge on any atom is 0.0462 e. The molecule has 0 spiro atoms. The SMILES string of the molecule is CCCCc1ccc(N(c2ccc(C)cc2)c2ccc(Br)cc2)cc1. The Morgan fingerprint density at radius 2 is 1.20 bits per heavy atom. The van der Waals surface area contributed by atoms with Crippen LogP contribution in [0.4, 0.5) is 17.1 Å². The van der Waals surface area contributed by atoms with E-state index in [-0.39, 0.29) is 0 Å². The summed E-state index contributed by atoms with van der Waals surface area (Å²) < 4.78 is 1.09. The lowest BCUT2D eigenvalue weighted by Crippen LogP contribution is -2.09. The minimum absolute atomic E-state index is 1.09. The fraction of sp³-hybridized carbons (Fsp3) is 0.217. The lowest BCUT2D eigenvalue weighted by molar-refractivity contribution is 0.795. The molecule has 0 aliphatic rings. The van der Waals surface area contributed by atoms with Crippen LogP contribution in [-0.2, 0) is 6.42 Å². The highest BCUT2D eigenvalue weighted by molar-refractivity contribution is 9.10. The summed E-state index contributed by atoms with van der Waals surface area (Å²) in [5.41, 5.74) is 6.20. The Morgan fingerprint density at radius 1 is 0.720 bits per heavy atom. The Morgan fingerprint density at radius 3 is 1.72 bits per heavy atom. The molecule has 0 aliphatic carbocycles. The summed E-state index contributed by atoms with van der Waals surface area (Å²) in [4.78, 5) is 2.30. The summed E-state index contributed by atoms with van der Waals surface area (Å²) in [6, 6.07) is 26.1. The van der Waals surface area contributed by atoms with Crippen LogP contribution in [0.5, 0.6) is 0 Å². The molecule has 0 heterocycles. The van der Waals surface area contributed by atoms with Gasteiger partial charge in [0, 0.05) is 21.5 Å². The first-order valence-electron chi connectivity index (χ1n) is 8.88. The highest BCUT2D eigenvalue weighted by atomic mass is 79.9. The van der Waals surface area contributed by atoms with E-state index in [0.29, 0.717) is 0 Å². The first-order chi connectivity index (χ1) is 12.2. The Bertz CT molecular complexity index is 744. The van der Waals surface area contributed by atoms with Crippen molar-refractivity contribution in [2.75, 3.05) is 4.90 Å². The lowest BCUT2D eigenvalue weighted by Gasteiger charge is -2.26. The number of rotatable bonds is 6. The molecule has 3 aromatic carbocycles. The molecule has 0 aromatic heterocycles. The molecule has 3 rings (SSSR count). The van der Waals surface area contributed by atoms with Gasteiger partial charge in [-0.15, -0.1) is 0 Å². The third kappa shape index (κ3) is 4.52. The number of halogens is 1. The zero-order chi connectivity index (χ0) is 17.6. The van der Waals surface area contributed by atoms with E-state index in [1.807, 2.05) is 0 Å². The summed E-state index contributed by atoms with van der Waals surface area (Å²) in [6.45, 7) is 4.36. The number of hydrogen-bond donors (Lipinski definition) is 0. The molecular formula is C23H24BrN. The second kappa shape index (κ2) is 8.35. The fourth-order valence-corrected chi connectivity index (χ4v) is 3.19. The predicted octanol–water partition coefficient (Wildman–Crippen LogP) is 7.57. The van der Waals surface area contributed by atoms with E-state index in [1.54, 1.807) is 0 Å². The van der Waals surface area contributed by atoms with Gasteiger partial charge >= 0.3 is 0 Å². The van der Waals surface area contributed by atoms with Gasteiger partial charge in [-0.2, -0.15) is 0 Å². The van der Waals surface area contributed by atoms with Gasteiger partial charge in [0.25, 0.3) is 0 Å². The highest BCUT2D eigenvalue weighted by Gasteiger charge is 2.12. The van der Waals surface area contributed by atoms with Crippen molar-refractivity contribution in [3.63, 3.8) is 0 Å². The predicted molar refractivity (Wildman–Crippen MR) is 112 cm³/mol. The Labute approximate surface area is 159 Å². The van der Waals surface area contributed by atoms with Crippen LogP contribution >= 0.6 is 15.9 Å². The molecular weight excluding hydrogens is 370 g/mol. The molecule has 0 N–H and O–H groups in total. The zero-order valence-electron chi connectivity index (χ0n) is 14.9. The highest BCUT2D eigenvalue weighted by Crippen LogP contribution is 2.35. The van der Waals surface area contributed by atoms with Crippen LogP contribution in [0.25, 0.3) is 0 Å². The van der Waals surface area contributed by atoms with Crippen LogP contribution < -0.4 is 4.90 Å². The molecule has 0 unspecified atom stereocenters. The van der Waals surface area contributed by atoms with Crippen molar-refractivity contribution in [1.82, 2.24) is 0 Å². The summed E-state index contributed by atoms with van der Waals surface area (Å²) in [7, 11) is 0. The van der Waals surface area contributed by atoms with Gasteiger partial charge in [0.15, 0.2) is 0 Å². The van der Waals surface area contributed by atoms with E-state index < -0.39 is 0 Å². The van der Waals surface area contributed by atoms with Crippen molar-refractivity contribution >= 4 is 33.0 Å². The molecule has 0 saturated heterocycles. The standard InChI is InChI=1S/C23H24BrN/c1-3-4-5-19-8-14-22(15-9-19)25(21-12-6-18(2)7-13-21)23-16-10-20(24)11-17-23/h6-17H,3-5H2,1-2H3. The maximum atomic E-state index is 3.53. The Balaban J connectivity index is 1.98. The van der Waals surface area contributed by atoms with Gasteiger partial charge in [0.05, 0.1) is 0 Å². The molecule has 0 aliphatic heterocycles. The van der Waals surface area contributed by atoms with Gasteiger partial charge in [0.1, 0.15) is 0 Å². The topological polar surface area (TPSA) is 3.24 Å². The molecule has 2 heteroatoms. The quantitative estimate of drug-likeness (QED) is 0.417. The zero-order valence-corrected chi connectivity index (χ0v) is 16.5. The van der Waals surface area contributed by atoms with Crippen molar-refractivity contribution in [2.24, 2.45) is 0 Å². The minimum atomic E-state index is 1.09. The molecule has 0 bridgehead atoms. The summed E-state index contributed by atoms with van der Waals surface area (Å²) >= 11 is 3.53. The largest absolute Gasteiger partial charge is 0.311 e. The monoisotopic (exact) mass is 393 g/mol. The fourth-order valence-electron chi connectivity index (χ4n) is 2.92. The van der Waals surface area contributed by atoms with Crippen LogP contribution in [0.1, 0.15) is 30.9 Å². The molecule has 0 amide bonds. The number of benzene rings is 3. The summed E-state index contributed by atoms with van der Waals surface area (Å²) in [5.74, 6) is 0. The third-order valence-corrected chi connectivity index (χ3v) is 4.92. The second-order valence-corrected chi connectivity index (χ2v) is 7.33. The minimum Gasteiger partial charge on any atom is -0.311 e. The van der Waals surface area contributed by atoms with Crippen LogP contribution in [0, 0.1) is 6.92 Å². The number of hydrogen-bond acceptors (Lipinski definition) is 1. The summed E-state index contributed by atoms with van der Waals surface area (Å²) in [5, 5.41) is 0. The molecule has 0 saturated carbocycles. The Hall–Kier alpha value is -2.06. The smallest absolute Gasteiger partial charge is 0.0462 e. The van der Waals surface area contributed by atoms with Crippen LogP contribution in [-0.4, -0.2) is 0 Å². The van der Waals surface area contributed by atoms with Crippen LogP contribution in [0.2, 0.25) is 0 Å². The van der Waals surface area contributed by atoms with E-state index in [1.165, 1.54) is 35.3 Å². The molecule has 0 fully saturated rings. The molecule has 128 valence electrons. The average Bonchev–Trinajstić information content (AvgIpc) is 2.64. The average molecular weight is 394 g/mol. The van der Waals surface area contributed by atoms with E-state index in [0.717, 1.165) is 16.6 Å². The first-order valence-corrected chi connectivity index (χ1v) is 9.68. The lowest BCUT2D eigenvalue weighted by atomic mass is 10.1. The molecule has 0 radical (unpaired) electrons. The summed E-state index contributed by atoms with van der Waals surface area (Å²) in [6.07, 6.45) is 3.63. The van der Waals surface area contributed by atoms with E-state index in [4.69, 9.17) is 0 Å². The van der Waals surface area contributed by atoms with Gasteiger partial charge in [-0.25, -0.2) is 0 Å². The van der Waals surface area contributed by atoms with Crippen molar-refractivity contribution in [2.45, 2.75) is 33.1 Å². The number of nitrogens with zero attached hydrogens (tertiary/aromatic N) is 1. The Kier molecular flexibility index (Phi) is 5.93. The second-order valence-electron chi connectivity index (χ2n) is 6.42. The van der Waals surface area contributed by atoms with Gasteiger partial charge in [-0.3, -0.25) is 0 Å². The van der Waals surface area contributed by atoms with E-state index in [9.17, 15) is 0 Å². The number of anilines is 3. The number of unbranched alkanes of at least 4 members (excludes halogenated alkanes) is 1. The van der Waals surface area contributed by atoms with E-state index >= 15 is 0 Å². The van der Waals surface area contributed by atoms with Crippen molar-refractivity contribution in [3.8, 4) is 0 Å². The van der Waals surface area contributed by atoms with Gasteiger partial charge in [0.2, 0.25) is 0 Å². The molecule has 1 nitrogen and oxygen atoms in total.